The first-order valence-electron chi connectivity index (χ1n) is 5.78. The van der Waals surface area contributed by atoms with Crippen molar-refractivity contribution in [2.24, 2.45) is 0 Å². The smallest absolute Gasteiger partial charge is 0.250 e. The fourth-order valence-corrected chi connectivity index (χ4v) is 3.98. The van der Waals surface area contributed by atoms with Gasteiger partial charge in [-0.05, 0) is 24.3 Å². The molecule has 0 atom stereocenters. The predicted octanol–water partition coefficient (Wildman–Crippen LogP) is 2.60. The van der Waals surface area contributed by atoms with Crippen molar-refractivity contribution < 1.29 is 22.0 Å². The van der Waals surface area contributed by atoms with Crippen LogP contribution in [0.15, 0.2) is 34.5 Å². The summed E-state index contributed by atoms with van der Waals surface area (Å²) in [6.45, 7) is -0.675. The van der Waals surface area contributed by atoms with Crippen molar-refractivity contribution in [3.05, 3.63) is 46.3 Å². The standard InChI is InChI=1S/C12H9ClF2N2O3S2/c13-9-4-5-11(21-9)22(19,20)16-6-10(18)17-12-7(14)2-1-3-8(12)15/h1-5,16H,6H2,(H,17,18). The molecule has 2 aromatic rings. The van der Waals surface area contributed by atoms with Gasteiger partial charge in [0, 0.05) is 0 Å². The van der Waals surface area contributed by atoms with Gasteiger partial charge >= 0.3 is 0 Å². The largest absolute Gasteiger partial charge is 0.320 e. The first-order valence-corrected chi connectivity index (χ1v) is 8.46. The molecule has 0 unspecified atom stereocenters. The molecule has 0 spiro atoms. The fourth-order valence-electron chi connectivity index (χ4n) is 1.47. The molecule has 0 fully saturated rings. The van der Waals surface area contributed by atoms with E-state index in [-0.39, 0.29) is 8.55 Å². The second kappa shape index (κ2) is 6.69. The average molecular weight is 367 g/mol. The monoisotopic (exact) mass is 366 g/mol. The van der Waals surface area contributed by atoms with E-state index in [2.05, 4.69) is 0 Å². The van der Waals surface area contributed by atoms with E-state index in [1.54, 1.807) is 0 Å². The normalized spacial score (nSPS) is 11.4. The lowest BCUT2D eigenvalue weighted by molar-refractivity contribution is -0.115. The molecule has 1 aromatic heterocycles. The lowest BCUT2D eigenvalue weighted by atomic mass is 10.3. The number of sulfonamides is 1. The van der Waals surface area contributed by atoms with Crippen molar-refractivity contribution in [3.63, 3.8) is 0 Å². The summed E-state index contributed by atoms with van der Waals surface area (Å²) < 4.78 is 52.6. The number of rotatable bonds is 5. The molecule has 2 rings (SSSR count). The fraction of sp³-hybridized carbons (Fsp3) is 0.0833. The lowest BCUT2D eigenvalue weighted by Gasteiger charge is -2.08. The van der Waals surface area contributed by atoms with Crippen LogP contribution >= 0.6 is 22.9 Å². The summed E-state index contributed by atoms with van der Waals surface area (Å²) in [6.07, 6.45) is 0. The van der Waals surface area contributed by atoms with E-state index >= 15 is 0 Å². The SMILES string of the molecule is O=C(CNS(=O)(=O)c1ccc(Cl)s1)Nc1c(F)cccc1F. The van der Waals surface area contributed by atoms with Crippen LogP contribution in [-0.2, 0) is 14.8 Å². The highest BCUT2D eigenvalue weighted by Gasteiger charge is 2.19. The number of carbonyl (C=O) groups excluding carboxylic acids is 1. The third-order valence-electron chi connectivity index (χ3n) is 2.46. The van der Waals surface area contributed by atoms with Gasteiger partial charge in [-0.15, -0.1) is 11.3 Å². The van der Waals surface area contributed by atoms with Crippen LogP contribution in [0.5, 0.6) is 0 Å². The molecular weight excluding hydrogens is 358 g/mol. The third-order valence-corrected chi connectivity index (χ3v) is 5.59. The molecule has 1 amide bonds. The predicted molar refractivity (Wildman–Crippen MR) is 79.5 cm³/mol. The zero-order valence-electron chi connectivity index (χ0n) is 10.8. The maximum absolute atomic E-state index is 13.3. The Labute approximate surface area is 134 Å². The van der Waals surface area contributed by atoms with Crippen LogP contribution in [0.3, 0.4) is 0 Å². The molecular formula is C12H9ClF2N2O3S2. The highest BCUT2D eigenvalue weighted by Crippen LogP contribution is 2.25. The van der Waals surface area contributed by atoms with Crippen LogP contribution in [0.2, 0.25) is 4.34 Å². The lowest BCUT2D eigenvalue weighted by Crippen LogP contribution is -2.32. The van der Waals surface area contributed by atoms with Crippen LogP contribution in [0, 0.1) is 11.6 Å². The molecule has 0 aliphatic heterocycles. The number of benzene rings is 1. The Bertz CT molecular complexity index is 788. The molecule has 118 valence electrons. The van der Waals surface area contributed by atoms with Gasteiger partial charge < -0.3 is 5.32 Å². The Balaban J connectivity index is 2.01. The van der Waals surface area contributed by atoms with E-state index < -0.39 is 39.8 Å². The number of thiophene rings is 1. The number of anilines is 1. The topological polar surface area (TPSA) is 75.3 Å². The molecule has 22 heavy (non-hydrogen) atoms. The summed E-state index contributed by atoms with van der Waals surface area (Å²) in [5, 5.41) is 1.97. The van der Waals surface area contributed by atoms with Gasteiger partial charge in [-0.1, -0.05) is 17.7 Å². The van der Waals surface area contributed by atoms with Crippen molar-refractivity contribution >= 4 is 44.6 Å². The first kappa shape index (κ1) is 16.8. The van der Waals surface area contributed by atoms with Gasteiger partial charge in [-0.25, -0.2) is 21.9 Å². The number of halogens is 3. The third kappa shape index (κ3) is 4.01. The Kier molecular flexibility index (Phi) is 5.12. The Morgan fingerprint density at radius 2 is 1.82 bits per heavy atom. The minimum absolute atomic E-state index is 0.0672. The first-order chi connectivity index (χ1) is 10.3. The van der Waals surface area contributed by atoms with Crippen molar-refractivity contribution in [3.8, 4) is 0 Å². The van der Waals surface area contributed by atoms with Crippen LogP contribution in [-0.4, -0.2) is 20.9 Å². The van der Waals surface area contributed by atoms with E-state index in [4.69, 9.17) is 11.6 Å². The second-order valence-electron chi connectivity index (χ2n) is 4.03. The highest BCUT2D eigenvalue weighted by atomic mass is 35.5. The van der Waals surface area contributed by atoms with Crippen LogP contribution < -0.4 is 10.0 Å². The molecule has 1 heterocycles. The van der Waals surface area contributed by atoms with Gasteiger partial charge in [0.05, 0.1) is 10.9 Å². The summed E-state index contributed by atoms with van der Waals surface area (Å²) in [5.74, 6) is -2.82. The summed E-state index contributed by atoms with van der Waals surface area (Å²) in [5.41, 5.74) is -0.633. The van der Waals surface area contributed by atoms with Gasteiger partial charge in [0.1, 0.15) is 21.5 Å². The quantitative estimate of drug-likeness (QED) is 0.854. The van der Waals surface area contributed by atoms with Crippen LogP contribution in [0.25, 0.3) is 0 Å². The molecule has 0 saturated carbocycles. The molecule has 0 bridgehead atoms. The molecule has 10 heteroatoms. The number of para-hydroxylation sites is 1. The number of hydrogen-bond acceptors (Lipinski definition) is 4. The van der Waals surface area contributed by atoms with Gasteiger partial charge in [-0.3, -0.25) is 4.79 Å². The van der Waals surface area contributed by atoms with Crippen molar-refractivity contribution in [2.75, 3.05) is 11.9 Å². The summed E-state index contributed by atoms with van der Waals surface area (Å²) in [7, 11) is -3.91. The average Bonchev–Trinajstić information content (AvgIpc) is 2.88. The van der Waals surface area contributed by atoms with E-state index in [1.165, 1.54) is 12.1 Å². The van der Waals surface area contributed by atoms with E-state index in [1.807, 2.05) is 10.0 Å². The minimum atomic E-state index is -3.91. The molecule has 0 saturated heterocycles. The van der Waals surface area contributed by atoms with Gasteiger partial charge in [0.2, 0.25) is 5.91 Å². The van der Waals surface area contributed by atoms with E-state index in [0.29, 0.717) is 0 Å². The van der Waals surface area contributed by atoms with E-state index in [0.717, 1.165) is 29.5 Å². The van der Waals surface area contributed by atoms with Gasteiger partial charge in [-0.2, -0.15) is 0 Å². The number of carbonyl (C=O) groups is 1. The number of hydrogen-bond donors (Lipinski definition) is 2. The van der Waals surface area contributed by atoms with Crippen molar-refractivity contribution in [1.82, 2.24) is 4.72 Å². The van der Waals surface area contributed by atoms with Gasteiger partial charge in [0.25, 0.3) is 10.0 Å². The summed E-state index contributed by atoms with van der Waals surface area (Å²) in [4.78, 5) is 11.6. The van der Waals surface area contributed by atoms with Crippen molar-refractivity contribution in [2.45, 2.75) is 4.21 Å². The molecule has 0 aliphatic carbocycles. The minimum Gasteiger partial charge on any atom is -0.320 e. The Hall–Kier alpha value is -1.55. The maximum atomic E-state index is 13.3. The Morgan fingerprint density at radius 1 is 1.18 bits per heavy atom. The molecule has 5 nitrogen and oxygen atoms in total. The van der Waals surface area contributed by atoms with Crippen LogP contribution in [0.1, 0.15) is 0 Å². The Morgan fingerprint density at radius 3 is 2.36 bits per heavy atom. The van der Waals surface area contributed by atoms with Gasteiger partial charge in [0.15, 0.2) is 0 Å². The van der Waals surface area contributed by atoms with Crippen LogP contribution in [0.4, 0.5) is 14.5 Å². The molecule has 2 N–H and O–H groups in total. The molecule has 0 radical (unpaired) electrons. The van der Waals surface area contributed by atoms with E-state index in [9.17, 15) is 22.0 Å². The zero-order valence-corrected chi connectivity index (χ0v) is 13.2. The second-order valence-corrected chi connectivity index (χ2v) is 7.74. The summed E-state index contributed by atoms with van der Waals surface area (Å²) >= 11 is 6.45. The number of amides is 1. The molecule has 0 aliphatic rings. The van der Waals surface area contributed by atoms with Crippen molar-refractivity contribution in [1.29, 1.82) is 0 Å². The number of nitrogens with one attached hydrogen (secondary N) is 2. The highest BCUT2D eigenvalue weighted by molar-refractivity contribution is 7.91. The maximum Gasteiger partial charge on any atom is 0.250 e. The summed E-state index contributed by atoms with van der Waals surface area (Å²) in [6, 6.07) is 5.76. The molecule has 1 aromatic carbocycles. The zero-order chi connectivity index (χ0) is 16.3.